The summed E-state index contributed by atoms with van der Waals surface area (Å²) in [6.07, 6.45) is 4.47. The monoisotopic (exact) mass is 385 g/mol. The van der Waals surface area contributed by atoms with Crippen LogP contribution in [0.2, 0.25) is 0 Å². The van der Waals surface area contributed by atoms with E-state index in [1.165, 1.54) is 6.42 Å². The van der Waals surface area contributed by atoms with Crippen molar-refractivity contribution in [1.82, 2.24) is 20.1 Å². The predicted octanol–water partition coefficient (Wildman–Crippen LogP) is 2.47. The lowest BCUT2D eigenvalue weighted by atomic mass is 10.1. The first-order valence-electron chi connectivity index (χ1n) is 8.16. The van der Waals surface area contributed by atoms with Crippen LogP contribution in [0.1, 0.15) is 48.1 Å². The number of fused-ring (bicyclic) bond motifs is 1. The van der Waals surface area contributed by atoms with Gasteiger partial charge in [-0.15, -0.1) is 35.0 Å². The quantitative estimate of drug-likeness (QED) is 0.845. The highest BCUT2D eigenvalue weighted by Gasteiger charge is 2.18. The van der Waals surface area contributed by atoms with Gasteiger partial charge in [0.25, 0.3) is 0 Å². The molecule has 1 aliphatic rings. The van der Waals surface area contributed by atoms with Crippen molar-refractivity contribution in [2.24, 2.45) is 5.73 Å². The molecule has 1 unspecified atom stereocenters. The number of benzene rings is 1. The van der Waals surface area contributed by atoms with Gasteiger partial charge in [0.2, 0.25) is 5.91 Å². The lowest BCUT2D eigenvalue weighted by Crippen LogP contribution is -2.34. The van der Waals surface area contributed by atoms with Gasteiger partial charge >= 0.3 is 0 Å². The zero-order valence-corrected chi connectivity index (χ0v) is 15.9. The van der Waals surface area contributed by atoms with Crippen molar-refractivity contribution in [2.75, 3.05) is 0 Å². The number of carbonyl (C=O) groups is 1. The second-order valence-corrected chi connectivity index (χ2v) is 6.10. The molecule has 0 fully saturated rings. The first-order valence-corrected chi connectivity index (χ1v) is 8.16. The number of hydrogen-bond acceptors (Lipinski definition) is 4. The minimum atomic E-state index is -0.665. The maximum atomic E-state index is 12.3. The Morgan fingerprint density at radius 2 is 1.92 bits per heavy atom. The van der Waals surface area contributed by atoms with E-state index < -0.39 is 6.04 Å². The fourth-order valence-electron chi connectivity index (χ4n) is 2.88. The Morgan fingerprint density at radius 1 is 1.20 bits per heavy atom. The van der Waals surface area contributed by atoms with E-state index in [-0.39, 0.29) is 30.7 Å². The molecule has 8 heteroatoms. The fourth-order valence-corrected chi connectivity index (χ4v) is 2.88. The summed E-state index contributed by atoms with van der Waals surface area (Å²) in [5.74, 6) is 1.64. The summed E-state index contributed by atoms with van der Waals surface area (Å²) in [6.45, 7) is 3.30. The lowest BCUT2D eigenvalue weighted by molar-refractivity contribution is -0.122. The van der Waals surface area contributed by atoms with Crippen molar-refractivity contribution in [1.29, 1.82) is 0 Å². The first kappa shape index (κ1) is 21.4. The molecule has 2 aromatic rings. The summed E-state index contributed by atoms with van der Waals surface area (Å²) >= 11 is 0. The fraction of sp³-hybridized carbons (Fsp3) is 0.471. The molecule has 0 saturated heterocycles. The Hall–Kier alpha value is -1.63. The SMILES string of the molecule is Cc1ccc(C(N)C(=O)NCc2nnc3n2CCCCC3)cc1.Cl.Cl. The number of aryl methyl sites for hydroxylation is 2. The van der Waals surface area contributed by atoms with Crippen LogP contribution in [0.15, 0.2) is 24.3 Å². The van der Waals surface area contributed by atoms with Crippen LogP contribution < -0.4 is 11.1 Å². The van der Waals surface area contributed by atoms with E-state index in [0.717, 1.165) is 48.6 Å². The molecule has 1 atom stereocenters. The molecule has 3 rings (SSSR count). The van der Waals surface area contributed by atoms with E-state index in [0.29, 0.717) is 6.54 Å². The third-order valence-corrected chi connectivity index (χ3v) is 4.33. The van der Waals surface area contributed by atoms with E-state index >= 15 is 0 Å². The van der Waals surface area contributed by atoms with Gasteiger partial charge in [0.05, 0.1) is 6.54 Å². The van der Waals surface area contributed by atoms with Crippen LogP contribution in [0.5, 0.6) is 0 Å². The number of aromatic nitrogens is 3. The lowest BCUT2D eigenvalue weighted by Gasteiger charge is -2.13. The summed E-state index contributed by atoms with van der Waals surface area (Å²) in [5, 5.41) is 11.3. The molecule has 0 spiro atoms. The second kappa shape index (κ2) is 9.75. The number of nitrogens with zero attached hydrogens (tertiary/aromatic N) is 3. The maximum absolute atomic E-state index is 12.3. The summed E-state index contributed by atoms with van der Waals surface area (Å²) < 4.78 is 2.13. The number of hydrogen-bond donors (Lipinski definition) is 2. The summed E-state index contributed by atoms with van der Waals surface area (Å²) in [5.41, 5.74) is 7.99. The molecular weight excluding hydrogens is 361 g/mol. The number of amides is 1. The Bertz CT molecular complexity index is 687. The molecular formula is C17H25Cl2N5O. The molecule has 1 amide bonds. The van der Waals surface area contributed by atoms with Gasteiger partial charge in [-0.2, -0.15) is 0 Å². The number of nitrogens with two attached hydrogens (primary N) is 1. The van der Waals surface area contributed by atoms with Crippen LogP contribution in [-0.2, 0) is 24.3 Å². The zero-order valence-electron chi connectivity index (χ0n) is 14.3. The number of carbonyl (C=O) groups excluding carboxylic acids is 1. The van der Waals surface area contributed by atoms with E-state index in [4.69, 9.17) is 5.73 Å². The molecule has 0 aliphatic carbocycles. The van der Waals surface area contributed by atoms with Crippen LogP contribution in [0.25, 0.3) is 0 Å². The molecule has 0 saturated carbocycles. The Balaban J connectivity index is 0.00000156. The van der Waals surface area contributed by atoms with E-state index in [2.05, 4.69) is 20.1 Å². The van der Waals surface area contributed by atoms with Crippen molar-refractivity contribution in [3.05, 3.63) is 47.0 Å². The third-order valence-electron chi connectivity index (χ3n) is 4.33. The molecule has 0 bridgehead atoms. The van der Waals surface area contributed by atoms with Crippen LogP contribution in [0.3, 0.4) is 0 Å². The van der Waals surface area contributed by atoms with Crippen molar-refractivity contribution in [3.8, 4) is 0 Å². The molecule has 2 heterocycles. The van der Waals surface area contributed by atoms with Crippen LogP contribution in [-0.4, -0.2) is 20.7 Å². The molecule has 138 valence electrons. The van der Waals surface area contributed by atoms with Gasteiger partial charge < -0.3 is 15.6 Å². The minimum Gasteiger partial charge on any atom is -0.347 e. The molecule has 1 aromatic carbocycles. The van der Waals surface area contributed by atoms with Gasteiger partial charge in [-0.3, -0.25) is 4.79 Å². The zero-order chi connectivity index (χ0) is 16.2. The predicted molar refractivity (Wildman–Crippen MR) is 102 cm³/mol. The minimum absolute atomic E-state index is 0. The largest absolute Gasteiger partial charge is 0.347 e. The molecule has 25 heavy (non-hydrogen) atoms. The first-order chi connectivity index (χ1) is 11.1. The highest BCUT2D eigenvalue weighted by atomic mass is 35.5. The topological polar surface area (TPSA) is 85.8 Å². The van der Waals surface area contributed by atoms with Crippen molar-refractivity contribution in [2.45, 2.75) is 51.7 Å². The second-order valence-electron chi connectivity index (χ2n) is 6.10. The highest BCUT2D eigenvalue weighted by Crippen LogP contribution is 2.15. The van der Waals surface area contributed by atoms with Crippen LogP contribution in [0, 0.1) is 6.92 Å². The standard InChI is InChI=1S/C17H23N5O.2ClH/c1-12-6-8-13(9-7-12)16(18)17(23)19-11-15-21-20-14-5-3-2-4-10-22(14)15;;/h6-9,16H,2-5,10-11,18H2,1H3,(H,19,23);2*1H. The summed E-state index contributed by atoms with van der Waals surface area (Å²) in [6, 6.07) is 7.04. The van der Waals surface area contributed by atoms with Crippen molar-refractivity contribution in [3.63, 3.8) is 0 Å². The summed E-state index contributed by atoms with van der Waals surface area (Å²) in [7, 11) is 0. The van der Waals surface area contributed by atoms with Crippen LogP contribution >= 0.6 is 24.8 Å². The average molecular weight is 386 g/mol. The van der Waals surface area contributed by atoms with E-state index in [1.807, 2.05) is 31.2 Å². The Morgan fingerprint density at radius 3 is 2.64 bits per heavy atom. The maximum Gasteiger partial charge on any atom is 0.241 e. The van der Waals surface area contributed by atoms with Gasteiger partial charge in [0, 0.05) is 13.0 Å². The molecule has 1 aliphatic heterocycles. The smallest absolute Gasteiger partial charge is 0.241 e. The van der Waals surface area contributed by atoms with E-state index in [9.17, 15) is 4.79 Å². The van der Waals surface area contributed by atoms with Gasteiger partial charge in [-0.05, 0) is 25.3 Å². The normalized spacial score (nSPS) is 14.3. The van der Waals surface area contributed by atoms with E-state index in [1.54, 1.807) is 0 Å². The third kappa shape index (κ3) is 5.17. The Kier molecular flexibility index (Phi) is 8.35. The van der Waals surface area contributed by atoms with Crippen molar-refractivity contribution < 1.29 is 4.79 Å². The molecule has 3 N–H and O–H groups in total. The average Bonchev–Trinajstić information content (AvgIpc) is 2.79. The Labute approximate surface area is 160 Å². The highest BCUT2D eigenvalue weighted by molar-refractivity contribution is 5.85. The van der Waals surface area contributed by atoms with Gasteiger partial charge in [-0.25, -0.2) is 0 Å². The number of rotatable bonds is 4. The summed E-state index contributed by atoms with van der Waals surface area (Å²) in [4.78, 5) is 12.3. The number of halogens is 2. The molecule has 6 nitrogen and oxygen atoms in total. The molecule has 1 aromatic heterocycles. The molecule has 0 radical (unpaired) electrons. The van der Waals surface area contributed by atoms with Gasteiger partial charge in [0.15, 0.2) is 5.82 Å². The van der Waals surface area contributed by atoms with Crippen molar-refractivity contribution >= 4 is 30.7 Å². The number of nitrogens with one attached hydrogen (secondary N) is 1. The van der Waals surface area contributed by atoms with Gasteiger partial charge in [0.1, 0.15) is 11.9 Å². The van der Waals surface area contributed by atoms with Gasteiger partial charge in [-0.1, -0.05) is 36.2 Å². The van der Waals surface area contributed by atoms with Crippen LogP contribution in [0.4, 0.5) is 0 Å².